The third kappa shape index (κ3) is 7.35. The first-order chi connectivity index (χ1) is 20.9. The summed E-state index contributed by atoms with van der Waals surface area (Å²) in [5.41, 5.74) is 2.63. The molecule has 1 N–H and O–H groups in total. The third-order valence-electron chi connectivity index (χ3n) is 6.64. The predicted molar refractivity (Wildman–Crippen MR) is 163 cm³/mol. The zero-order valence-corrected chi connectivity index (χ0v) is 24.0. The Hall–Kier alpha value is -5.22. The number of ketones is 1. The van der Waals surface area contributed by atoms with Gasteiger partial charge in [0.05, 0.1) is 23.9 Å². The molecule has 1 aromatic heterocycles. The summed E-state index contributed by atoms with van der Waals surface area (Å²) in [4.78, 5) is 50.0. The van der Waals surface area contributed by atoms with E-state index in [4.69, 9.17) is 14.2 Å². The van der Waals surface area contributed by atoms with E-state index in [1.807, 2.05) is 18.2 Å². The number of para-hydroxylation sites is 1. The molecule has 1 unspecified atom stereocenters. The van der Waals surface area contributed by atoms with E-state index in [-0.39, 0.29) is 23.7 Å². The molecule has 1 heterocycles. The number of esters is 1. The number of thiazole rings is 1. The molecule has 0 spiro atoms. The lowest BCUT2D eigenvalue weighted by molar-refractivity contribution is -0.142. The number of hydrogen-bond acceptors (Lipinski definition) is 8. The fourth-order valence-electron chi connectivity index (χ4n) is 4.49. The van der Waals surface area contributed by atoms with Gasteiger partial charge in [-0.2, -0.15) is 0 Å². The molecule has 0 aliphatic rings. The number of benzene rings is 4. The summed E-state index contributed by atoms with van der Waals surface area (Å²) in [5, 5.41) is 2.55. The van der Waals surface area contributed by atoms with Gasteiger partial charge in [0.1, 0.15) is 24.1 Å². The number of fused-ring (bicyclic) bond motifs is 1. The molecule has 218 valence electrons. The first-order valence-electron chi connectivity index (χ1n) is 13.5. The average Bonchev–Trinajstić information content (AvgIpc) is 3.35. The van der Waals surface area contributed by atoms with Gasteiger partial charge in [-0.3, -0.25) is 14.2 Å². The molecule has 9 nitrogen and oxygen atoms in total. The van der Waals surface area contributed by atoms with Crippen LogP contribution in [0, 0.1) is 0 Å². The van der Waals surface area contributed by atoms with Crippen molar-refractivity contribution in [2.24, 2.45) is 0 Å². The Morgan fingerprint density at radius 3 is 2.23 bits per heavy atom. The van der Waals surface area contributed by atoms with E-state index in [2.05, 4.69) is 5.32 Å². The van der Waals surface area contributed by atoms with Crippen LogP contribution in [0.2, 0.25) is 0 Å². The largest absolute Gasteiger partial charge is 0.492 e. The second-order valence-corrected chi connectivity index (χ2v) is 10.5. The number of carbonyl (C=O) groups is 3. The van der Waals surface area contributed by atoms with Crippen molar-refractivity contribution < 1.29 is 28.6 Å². The van der Waals surface area contributed by atoms with Crippen LogP contribution in [0.15, 0.2) is 108 Å². The summed E-state index contributed by atoms with van der Waals surface area (Å²) in [7, 11) is 1.25. The fraction of sp³-hybridized carbons (Fsp3) is 0.152. The molecule has 1 atom stereocenters. The van der Waals surface area contributed by atoms with Crippen LogP contribution in [0.25, 0.3) is 10.2 Å². The van der Waals surface area contributed by atoms with Crippen LogP contribution in [-0.4, -0.2) is 42.2 Å². The number of methoxy groups -OCH3 is 1. The van der Waals surface area contributed by atoms with E-state index in [1.165, 1.54) is 7.11 Å². The van der Waals surface area contributed by atoms with Gasteiger partial charge in [-0.05, 0) is 48.0 Å². The van der Waals surface area contributed by atoms with Crippen LogP contribution in [-0.2, 0) is 22.5 Å². The molecule has 0 aliphatic carbocycles. The van der Waals surface area contributed by atoms with Crippen LogP contribution in [0.4, 0.5) is 4.79 Å². The topological polar surface area (TPSA) is 113 Å². The Labute approximate surface area is 251 Å². The van der Waals surface area contributed by atoms with Gasteiger partial charge in [0.2, 0.25) is 0 Å². The number of rotatable bonds is 11. The van der Waals surface area contributed by atoms with Gasteiger partial charge in [0.25, 0.3) is 0 Å². The maximum absolute atomic E-state index is 12.8. The van der Waals surface area contributed by atoms with E-state index in [0.29, 0.717) is 29.2 Å². The second kappa shape index (κ2) is 13.6. The quantitative estimate of drug-likeness (QED) is 0.164. The molecule has 0 aliphatic heterocycles. The van der Waals surface area contributed by atoms with Gasteiger partial charge in [-0.25, -0.2) is 9.59 Å². The van der Waals surface area contributed by atoms with Crippen LogP contribution < -0.4 is 19.7 Å². The Morgan fingerprint density at radius 1 is 0.837 bits per heavy atom. The van der Waals surface area contributed by atoms with Crippen molar-refractivity contribution >= 4 is 39.4 Å². The highest BCUT2D eigenvalue weighted by Gasteiger charge is 2.23. The summed E-state index contributed by atoms with van der Waals surface area (Å²) in [6.45, 7) is 0.567. The highest BCUT2D eigenvalue weighted by Crippen LogP contribution is 2.22. The van der Waals surface area contributed by atoms with Crippen molar-refractivity contribution in [2.75, 3.05) is 13.7 Å². The zero-order chi connectivity index (χ0) is 30.2. The maximum atomic E-state index is 12.8. The van der Waals surface area contributed by atoms with Crippen molar-refractivity contribution in [2.45, 2.75) is 19.0 Å². The minimum absolute atomic E-state index is 0.0949. The molecule has 5 rings (SSSR count). The van der Waals surface area contributed by atoms with Gasteiger partial charge in [-0.1, -0.05) is 72.0 Å². The normalized spacial score (nSPS) is 11.5. The van der Waals surface area contributed by atoms with Gasteiger partial charge < -0.3 is 19.5 Å². The van der Waals surface area contributed by atoms with E-state index >= 15 is 0 Å². The highest BCUT2D eigenvalue weighted by atomic mass is 32.1. The average molecular weight is 597 g/mol. The summed E-state index contributed by atoms with van der Waals surface area (Å²) >= 11 is 1.09. The molecule has 5 aromatic rings. The summed E-state index contributed by atoms with van der Waals surface area (Å²) in [5.74, 6) is 0.238. The maximum Gasteiger partial charge on any atom is 0.413 e. The van der Waals surface area contributed by atoms with Gasteiger partial charge in [0, 0.05) is 17.5 Å². The fourth-order valence-corrected chi connectivity index (χ4v) is 5.45. The number of amides is 1. The molecular formula is C33H28N2O7S. The SMILES string of the molecule is COC(=O)C(Cc1ccc(OCCn2c(=O)sc3cc(C(=O)c4ccccc4)ccc32)cc1)NC(=O)Oc1ccccc1. The monoisotopic (exact) mass is 596 g/mol. The lowest BCUT2D eigenvalue weighted by Crippen LogP contribution is -2.44. The van der Waals surface area contributed by atoms with Gasteiger partial charge in [-0.15, -0.1) is 0 Å². The van der Waals surface area contributed by atoms with Crippen LogP contribution in [0.3, 0.4) is 0 Å². The first kappa shape index (κ1) is 29.3. The van der Waals surface area contributed by atoms with Crippen molar-refractivity contribution in [3.63, 3.8) is 0 Å². The lowest BCUT2D eigenvalue weighted by atomic mass is 10.0. The summed E-state index contributed by atoms with van der Waals surface area (Å²) < 4.78 is 18.3. The zero-order valence-electron chi connectivity index (χ0n) is 23.2. The van der Waals surface area contributed by atoms with Crippen LogP contribution in [0.1, 0.15) is 21.5 Å². The third-order valence-corrected chi connectivity index (χ3v) is 7.59. The van der Waals surface area contributed by atoms with Crippen molar-refractivity contribution in [3.05, 3.63) is 129 Å². The molecule has 0 fully saturated rings. The van der Waals surface area contributed by atoms with E-state index in [0.717, 1.165) is 27.1 Å². The number of ether oxygens (including phenoxy) is 3. The second-order valence-electron chi connectivity index (χ2n) is 9.52. The Kier molecular flexibility index (Phi) is 9.28. The van der Waals surface area contributed by atoms with E-state index in [9.17, 15) is 19.2 Å². The lowest BCUT2D eigenvalue weighted by Gasteiger charge is -2.16. The molecule has 0 saturated heterocycles. The Morgan fingerprint density at radius 2 is 1.53 bits per heavy atom. The highest BCUT2D eigenvalue weighted by molar-refractivity contribution is 7.16. The number of nitrogens with zero attached hydrogens (tertiary/aromatic N) is 1. The van der Waals surface area contributed by atoms with Gasteiger partial charge in [0.15, 0.2) is 5.78 Å². The molecule has 4 aromatic carbocycles. The standard InChI is InChI=1S/C33H28N2O7S/c1-40-31(37)27(34-32(38)42-26-10-6-3-7-11-26)20-22-12-15-25(16-13-22)41-19-18-35-28-17-14-24(21-29(28)43-33(35)39)30(36)23-8-4-2-5-9-23/h2-17,21,27H,18-20H2,1H3,(H,34,38). The van der Waals surface area contributed by atoms with E-state index < -0.39 is 18.1 Å². The minimum atomic E-state index is -0.949. The van der Waals surface area contributed by atoms with Gasteiger partial charge >= 0.3 is 16.9 Å². The summed E-state index contributed by atoms with van der Waals surface area (Å²) in [6, 6.07) is 29.0. The molecule has 43 heavy (non-hydrogen) atoms. The molecule has 10 heteroatoms. The molecule has 0 bridgehead atoms. The van der Waals surface area contributed by atoms with E-state index in [1.54, 1.807) is 89.5 Å². The molecular weight excluding hydrogens is 568 g/mol. The Bertz CT molecular complexity index is 1780. The van der Waals surface area contributed by atoms with Crippen LogP contribution >= 0.6 is 11.3 Å². The van der Waals surface area contributed by atoms with Crippen molar-refractivity contribution in [1.82, 2.24) is 9.88 Å². The smallest absolute Gasteiger partial charge is 0.413 e. The molecule has 0 saturated carbocycles. The first-order valence-corrected chi connectivity index (χ1v) is 14.3. The van der Waals surface area contributed by atoms with Crippen LogP contribution in [0.5, 0.6) is 11.5 Å². The Balaban J connectivity index is 1.17. The number of carbonyl (C=O) groups excluding carboxylic acids is 3. The number of hydrogen-bond donors (Lipinski definition) is 1. The molecule has 1 amide bonds. The van der Waals surface area contributed by atoms with Crippen molar-refractivity contribution in [1.29, 1.82) is 0 Å². The molecule has 0 radical (unpaired) electrons. The number of aromatic nitrogens is 1. The number of nitrogens with one attached hydrogen (secondary N) is 1. The summed E-state index contributed by atoms with van der Waals surface area (Å²) in [6.07, 6.45) is -0.584. The predicted octanol–water partition coefficient (Wildman–Crippen LogP) is 5.25. The van der Waals surface area contributed by atoms with Crippen molar-refractivity contribution in [3.8, 4) is 11.5 Å². The minimum Gasteiger partial charge on any atom is -0.492 e.